The second kappa shape index (κ2) is 6.72. The van der Waals surface area contributed by atoms with Gasteiger partial charge in [-0.3, -0.25) is 4.90 Å². The van der Waals surface area contributed by atoms with Gasteiger partial charge in [0.2, 0.25) is 0 Å². The van der Waals surface area contributed by atoms with Gasteiger partial charge in [-0.15, -0.1) is 0 Å². The van der Waals surface area contributed by atoms with Crippen LogP contribution in [0.5, 0.6) is 0 Å². The predicted octanol–water partition coefficient (Wildman–Crippen LogP) is 1.77. The van der Waals surface area contributed by atoms with Crippen LogP contribution in [0.3, 0.4) is 0 Å². The van der Waals surface area contributed by atoms with E-state index in [1.54, 1.807) is 0 Å². The highest BCUT2D eigenvalue weighted by molar-refractivity contribution is 4.81. The molecule has 2 rings (SSSR count). The van der Waals surface area contributed by atoms with Crippen molar-refractivity contribution in [2.24, 2.45) is 5.92 Å². The number of hydrogen-bond acceptors (Lipinski definition) is 3. The van der Waals surface area contributed by atoms with Crippen LogP contribution in [0.2, 0.25) is 0 Å². The fourth-order valence-electron chi connectivity index (χ4n) is 3.39. The van der Waals surface area contributed by atoms with E-state index < -0.39 is 0 Å². The first-order valence-corrected chi connectivity index (χ1v) is 7.32. The maximum Gasteiger partial charge on any atom is 0.0587 e. The molecule has 0 aromatic carbocycles. The molecular formula is C14H27NO2. The standard InChI is InChI=1S/C14H27NO2/c16-11-13-10-14(17)7-9-15(13)8-6-12-4-2-1-3-5-12/h12-14,16-17H,1-11H2. The first-order valence-electron chi connectivity index (χ1n) is 7.32. The van der Waals surface area contributed by atoms with Crippen LogP contribution in [-0.2, 0) is 0 Å². The van der Waals surface area contributed by atoms with Crippen LogP contribution in [0.1, 0.15) is 51.4 Å². The zero-order valence-corrected chi connectivity index (χ0v) is 10.9. The summed E-state index contributed by atoms with van der Waals surface area (Å²) in [6.45, 7) is 2.27. The average molecular weight is 241 g/mol. The number of likely N-dealkylation sites (tertiary alicyclic amines) is 1. The van der Waals surface area contributed by atoms with Gasteiger partial charge in [-0.1, -0.05) is 32.1 Å². The van der Waals surface area contributed by atoms with Gasteiger partial charge in [0.1, 0.15) is 0 Å². The van der Waals surface area contributed by atoms with Crippen LogP contribution in [-0.4, -0.2) is 47.0 Å². The SMILES string of the molecule is OCC1CC(O)CCN1CCC1CCCCC1. The van der Waals surface area contributed by atoms with Crippen molar-refractivity contribution >= 4 is 0 Å². The molecule has 2 atom stereocenters. The Bertz CT molecular complexity index is 216. The highest BCUT2D eigenvalue weighted by Gasteiger charge is 2.27. The van der Waals surface area contributed by atoms with Crippen molar-refractivity contribution in [2.75, 3.05) is 19.7 Å². The minimum atomic E-state index is -0.196. The molecule has 0 amide bonds. The van der Waals surface area contributed by atoms with E-state index >= 15 is 0 Å². The van der Waals surface area contributed by atoms with Crippen molar-refractivity contribution in [3.63, 3.8) is 0 Å². The zero-order valence-electron chi connectivity index (χ0n) is 10.9. The topological polar surface area (TPSA) is 43.7 Å². The molecule has 1 saturated heterocycles. The van der Waals surface area contributed by atoms with E-state index in [1.807, 2.05) is 0 Å². The lowest BCUT2D eigenvalue weighted by atomic mass is 9.86. The number of hydrogen-bond donors (Lipinski definition) is 2. The summed E-state index contributed by atoms with van der Waals surface area (Å²) in [4.78, 5) is 2.39. The average Bonchev–Trinajstić information content (AvgIpc) is 2.38. The second-order valence-electron chi connectivity index (χ2n) is 5.84. The van der Waals surface area contributed by atoms with Crippen molar-refractivity contribution in [2.45, 2.75) is 63.5 Å². The molecule has 0 aromatic heterocycles. The van der Waals surface area contributed by atoms with Gasteiger partial charge in [0.25, 0.3) is 0 Å². The smallest absolute Gasteiger partial charge is 0.0587 e. The lowest BCUT2D eigenvalue weighted by Gasteiger charge is -2.37. The molecule has 1 saturated carbocycles. The molecule has 17 heavy (non-hydrogen) atoms. The lowest BCUT2D eigenvalue weighted by molar-refractivity contribution is 0.0138. The number of aliphatic hydroxyl groups is 2. The molecule has 3 nitrogen and oxygen atoms in total. The van der Waals surface area contributed by atoms with E-state index in [4.69, 9.17) is 0 Å². The summed E-state index contributed by atoms with van der Waals surface area (Å²) in [6.07, 6.45) is 9.76. The third-order valence-electron chi connectivity index (χ3n) is 4.57. The van der Waals surface area contributed by atoms with E-state index in [2.05, 4.69) is 4.90 Å². The number of aliphatic hydroxyl groups excluding tert-OH is 2. The summed E-state index contributed by atoms with van der Waals surface area (Å²) in [7, 11) is 0. The van der Waals surface area contributed by atoms with Gasteiger partial charge in [-0.2, -0.15) is 0 Å². The predicted molar refractivity (Wildman–Crippen MR) is 68.9 cm³/mol. The molecule has 3 heteroatoms. The van der Waals surface area contributed by atoms with Crippen molar-refractivity contribution in [3.05, 3.63) is 0 Å². The van der Waals surface area contributed by atoms with Crippen molar-refractivity contribution in [1.29, 1.82) is 0 Å². The molecule has 2 N–H and O–H groups in total. The summed E-state index contributed by atoms with van der Waals surface area (Å²) >= 11 is 0. The summed E-state index contributed by atoms with van der Waals surface area (Å²) < 4.78 is 0. The van der Waals surface area contributed by atoms with Crippen LogP contribution in [0.4, 0.5) is 0 Å². The fraction of sp³-hybridized carbons (Fsp3) is 1.00. The van der Waals surface area contributed by atoms with E-state index in [0.29, 0.717) is 0 Å². The van der Waals surface area contributed by atoms with Gasteiger partial charge in [0, 0.05) is 12.6 Å². The molecule has 1 aliphatic heterocycles. The Balaban J connectivity index is 1.73. The Morgan fingerprint density at radius 3 is 2.53 bits per heavy atom. The molecule has 0 aromatic rings. The molecule has 100 valence electrons. The molecule has 1 aliphatic carbocycles. The summed E-state index contributed by atoms with van der Waals surface area (Å²) in [6, 6.07) is 0.197. The van der Waals surface area contributed by atoms with E-state index in [-0.39, 0.29) is 18.8 Å². The van der Waals surface area contributed by atoms with Crippen LogP contribution in [0, 0.1) is 5.92 Å². The third kappa shape index (κ3) is 3.94. The molecule has 2 fully saturated rings. The third-order valence-corrected chi connectivity index (χ3v) is 4.57. The minimum Gasteiger partial charge on any atom is -0.395 e. The Kier molecular flexibility index (Phi) is 5.26. The fourth-order valence-corrected chi connectivity index (χ4v) is 3.39. The van der Waals surface area contributed by atoms with Crippen LogP contribution in [0.15, 0.2) is 0 Å². The van der Waals surface area contributed by atoms with E-state index in [0.717, 1.165) is 31.8 Å². The zero-order chi connectivity index (χ0) is 12.1. The number of piperidine rings is 1. The number of rotatable bonds is 4. The summed E-state index contributed by atoms with van der Waals surface area (Å²) in [5.74, 6) is 0.912. The minimum absolute atomic E-state index is 0.196. The van der Waals surface area contributed by atoms with Crippen molar-refractivity contribution in [3.8, 4) is 0 Å². The van der Waals surface area contributed by atoms with Gasteiger partial charge in [0.05, 0.1) is 12.7 Å². The van der Waals surface area contributed by atoms with Crippen LogP contribution >= 0.6 is 0 Å². The maximum atomic E-state index is 9.61. The Hall–Kier alpha value is -0.120. The second-order valence-corrected chi connectivity index (χ2v) is 5.84. The highest BCUT2D eigenvalue weighted by Crippen LogP contribution is 2.27. The molecule has 1 heterocycles. The normalized spacial score (nSPS) is 32.8. The Labute approximate surface area is 105 Å². The Morgan fingerprint density at radius 1 is 1.06 bits per heavy atom. The van der Waals surface area contributed by atoms with Gasteiger partial charge in [0.15, 0.2) is 0 Å². The quantitative estimate of drug-likeness (QED) is 0.788. The first kappa shape index (κ1) is 13.3. The molecule has 0 radical (unpaired) electrons. The van der Waals surface area contributed by atoms with E-state index in [9.17, 15) is 10.2 Å². The van der Waals surface area contributed by atoms with Gasteiger partial charge in [-0.05, 0) is 31.7 Å². The largest absolute Gasteiger partial charge is 0.395 e. The van der Waals surface area contributed by atoms with Gasteiger partial charge < -0.3 is 10.2 Å². The monoisotopic (exact) mass is 241 g/mol. The molecule has 0 spiro atoms. The summed E-state index contributed by atoms with van der Waals surface area (Å²) in [5.41, 5.74) is 0. The first-order chi connectivity index (χ1) is 8.29. The lowest BCUT2D eigenvalue weighted by Crippen LogP contribution is -2.46. The Morgan fingerprint density at radius 2 is 1.82 bits per heavy atom. The van der Waals surface area contributed by atoms with E-state index in [1.165, 1.54) is 38.5 Å². The number of nitrogens with zero attached hydrogens (tertiary/aromatic N) is 1. The van der Waals surface area contributed by atoms with Gasteiger partial charge >= 0.3 is 0 Å². The van der Waals surface area contributed by atoms with Crippen molar-refractivity contribution < 1.29 is 10.2 Å². The van der Waals surface area contributed by atoms with Crippen molar-refractivity contribution in [1.82, 2.24) is 4.90 Å². The molecule has 2 aliphatic rings. The summed E-state index contributed by atoms with van der Waals surface area (Å²) in [5, 5.41) is 19.0. The molecular weight excluding hydrogens is 214 g/mol. The van der Waals surface area contributed by atoms with Crippen LogP contribution < -0.4 is 0 Å². The molecule has 0 bridgehead atoms. The molecule has 2 unspecified atom stereocenters. The maximum absolute atomic E-state index is 9.61. The highest BCUT2D eigenvalue weighted by atomic mass is 16.3. The van der Waals surface area contributed by atoms with Crippen LogP contribution in [0.25, 0.3) is 0 Å². The van der Waals surface area contributed by atoms with Gasteiger partial charge in [-0.25, -0.2) is 0 Å².